The number of nitrogens with one attached hydrogen (secondary N) is 2. The van der Waals surface area contributed by atoms with Crippen molar-refractivity contribution in [3.05, 3.63) is 29.7 Å². The number of likely N-dealkylation sites (N-methyl/N-ethyl adjacent to an activating group) is 1. The zero-order chi connectivity index (χ0) is 23.2. The van der Waals surface area contributed by atoms with Crippen molar-refractivity contribution < 1.29 is 27.8 Å². The Hall–Kier alpha value is -3.15. The molecule has 1 aliphatic carbocycles. The Kier molecular flexibility index (Phi) is 5.57. The number of pyridine rings is 1. The van der Waals surface area contributed by atoms with E-state index in [-0.39, 0.29) is 23.8 Å². The number of aliphatic hydroxyl groups excluding tert-OH is 1. The van der Waals surface area contributed by atoms with E-state index in [4.69, 9.17) is 4.74 Å². The minimum Gasteiger partial charge on any atom is -0.489 e. The van der Waals surface area contributed by atoms with Crippen LogP contribution in [-0.2, 0) is 11.0 Å². The van der Waals surface area contributed by atoms with E-state index in [9.17, 15) is 23.1 Å². The lowest BCUT2D eigenvalue weighted by atomic mass is 9.89. The zero-order valence-corrected chi connectivity index (χ0v) is 17.6. The molecule has 1 aliphatic heterocycles. The molecule has 3 N–H and O–H groups in total. The van der Waals surface area contributed by atoms with E-state index in [0.717, 1.165) is 12.3 Å². The molecule has 32 heavy (non-hydrogen) atoms. The first-order valence-electron chi connectivity index (χ1n) is 10.1. The van der Waals surface area contributed by atoms with Gasteiger partial charge in [0.05, 0.1) is 18.0 Å². The molecule has 2 aromatic rings. The number of halogens is 3. The summed E-state index contributed by atoms with van der Waals surface area (Å²) in [7, 11) is 1.69. The molecule has 172 valence electrons. The van der Waals surface area contributed by atoms with Gasteiger partial charge in [-0.05, 0) is 26.0 Å². The average molecular weight is 452 g/mol. The second-order valence-electron chi connectivity index (χ2n) is 8.05. The number of carbonyl (C=O) groups excluding carboxylic acids is 1. The minimum absolute atomic E-state index is 0.0240. The molecule has 1 saturated carbocycles. The maximum atomic E-state index is 12.6. The number of rotatable bonds is 5. The molecule has 1 amide bonds. The molecule has 12 heteroatoms. The van der Waals surface area contributed by atoms with Crippen LogP contribution in [0.3, 0.4) is 0 Å². The highest BCUT2D eigenvalue weighted by Crippen LogP contribution is 2.35. The highest BCUT2D eigenvalue weighted by atomic mass is 19.4. The number of hydrogen-bond donors (Lipinski definition) is 3. The van der Waals surface area contributed by atoms with Crippen molar-refractivity contribution in [2.24, 2.45) is 0 Å². The molecule has 0 spiro atoms. The van der Waals surface area contributed by atoms with Gasteiger partial charge in [0.2, 0.25) is 11.9 Å². The Labute approximate surface area is 182 Å². The highest BCUT2D eigenvalue weighted by molar-refractivity contribution is 6.03. The largest absolute Gasteiger partial charge is 0.489 e. The van der Waals surface area contributed by atoms with Gasteiger partial charge in [-0.1, -0.05) is 0 Å². The summed E-state index contributed by atoms with van der Waals surface area (Å²) < 4.78 is 43.5. The van der Waals surface area contributed by atoms with Gasteiger partial charge in [-0.15, -0.1) is 0 Å². The maximum Gasteiger partial charge on any atom is 0.433 e. The van der Waals surface area contributed by atoms with Crippen molar-refractivity contribution >= 4 is 23.4 Å². The van der Waals surface area contributed by atoms with E-state index in [1.807, 2.05) is 0 Å². The maximum absolute atomic E-state index is 12.6. The van der Waals surface area contributed by atoms with Crippen LogP contribution in [0.5, 0.6) is 5.75 Å². The summed E-state index contributed by atoms with van der Waals surface area (Å²) in [4.78, 5) is 26.2. The predicted molar refractivity (Wildman–Crippen MR) is 110 cm³/mol. The minimum atomic E-state index is -4.48. The molecule has 2 aromatic heterocycles. The Morgan fingerprint density at radius 2 is 2.03 bits per heavy atom. The van der Waals surface area contributed by atoms with Crippen LogP contribution < -0.4 is 20.3 Å². The second kappa shape index (κ2) is 8.08. The third-order valence-electron chi connectivity index (χ3n) is 5.55. The first kappa shape index (κ1) is 22.1. The van der Waals surface area contributed by atoms with E-state index in [1.165, 1.54) is 6.07 Å². The normalized spacial score (nSPS) is 23.7. The third kappa shape index (κ3) is 4.27. The number of hydrogen-bond acceptors (Lipinski definition) is 8. The Bertz CT molecular complexity index is 1010. The number of carbonyl (C=O) groups is 1. The van der Waals surface area contributed by atoms with E-state index in [2.05, 4.69) is 25.6 Å². The fourth-order valence-corrected chi connectivity index (χ4v) is 3.84. The topological polar surface area (TPSA) is 112 Å². The van der Waals surface area contributed by atoms with Crippen LogP contribution in [-0.4, -0.2) is 57.3 Å². The van der Waals surface area contributed by atoms with Gasteiger partial charge in [-0.2, -0.15) is 18.2 Å². The molecular formula is C20H23F3N6O3. The van der Waals surface area contributed by atoms with E-state index in [1.54, 1.807) is 25.8 Å². The molecule has 1 fully saturated rings. The Morgan fingerprint density at radius 1 is 1.31 bits per heavy atom. The van der Waals surface area contributed by atoms with Crippen LogP contribution in [0.4, 0.5) is 30.6 Å². The zero-order valence-electron chi connectivity index (χ0n) is 17.6. The van der Waals surface area contributed by atoms with Gasteiger partial charge < -0.3 is 25.4 Å². The molecule has 4 rings (SSSR count). The summed E-state index contributed by atoms with van der Waals surface area (Å²) in [5.74, 6) is 0.852. The van der Waals surface area contributed by atoms with Crippen molar-refractivity contribution in [1.29, 1.82) is 0 Å². The van der Waals surface area contributed by atoms with Crippen LogP contribution in [0.15, 0.2) is 18.3 Å². The number of nitrogens with zero attached hydrogens (tertiary/aromatic N) is 4. The fourth-order valence-electron chi connectivity index (χ4n) is 3.84. The summed E-state index contributed by atoms with van der Waals surface area (Å²) >= 11 is 0. The average Bonchev–Trinajstić information content (AvgIpc) is 2.67. The number of fused-ring (bicyclic) bond motifs is 1. The van der Waals surface area contributed by atoms with E-state index >= 15 is 0 Å². The molecule has 0 radical (unpaired) electrons. The van der Waals surface area contributed by atoms with Crippen LogP contribution in [0.2, 0.25) is 0 Å². The van der Waals surface area contributed by atoms with Gasteiger partial charge >= 0.3 is 6.18 Å². The fraction of sp³-hybridized carbons (Fsp3) is 0.500. The van der Waals surface area contributed by atoms with Gasteiger partial charge in [0.1, 0.15) is 29.3 Å². The summed E-state index contributed by atoms with van der Waals surface area (Å²) in [5.41, 5.74) is 0.131. The predicted octanol–water partition coefficient (Wildman–Crippen LogP) is 2.36. The quantitative estimate of drug-likeness (QED) is 0.634. The van der Waals surface area contributed by atoms with Crippen molar-refractivity contribution in [3.63, 3.8) is 0 Å². The number of ether oxygens (including phenoxy) is 1. The lowest BCUT2D eigenvalue weighted by Crippen LogP contribution is -2.52. The Balaban J connectivity index is 1.37. The van der Waals surface area contributed by atoms with Crippen LogP contribution in [0.1, 0.15) is 31.2 Å². The van der Waals surface area contributed by atoms with Crippen molar-refractivity contribution in [1.82, 2.24) is 15.0 Å². The van der Waals surface area contributed by atoms with Gasteiger partial charge in [-0.25, -0.2) is 9.97 Å². The molecule has 0 bridgehead atoms. The molecule has 9 nitrogen and oxygen atoms in total. The number of anilines is 3. The monoisotopic (exact) mass is 452 g/mol. The molecule has 3 heterocycles. The Morgan fingerprint density at radius 3 is 2.62 bits per heavy atom. The summed E-state index contributed by atoms with van der Waals surface area (Å²) in [6, 6.07) is 1.41. The van der Waals surface area contributed by atoms with Crippen LogP contribution in [0, 0.1) is 6.92 Å². The second-order valence-corrected chi connectivity index (χ2v) is 8.05. The standard InChI is InChI=1S/C20H23F3N6O3/c1-9-15-17(29(3)16(10(2)30)18(31)27-15)28-19(25-9)26-11-6-13(7-11)32-12-4-5-14(24-8-12)20(21,22)23/h4-5,8,10-11,13,16,30H,6-7H2,1-3H3,(H,27,31)(H,25,26,28)/t10-,11?,13?,16-/m0/s1. The summed E-state index contributed by atoms with van der Waals surface area (Å²) in [6.07, 6.45) is -3.23. The van der Waals surface area contributed by atoms with Crippen molar-refractivity contribution in [3.8, 4) is 5.75 Å². The number of aryl methyl sites for hydroxylation is 1. The molecule has 0 unspecified atom stereocenters. The van der Waals surface area contributed by atoms with Gasteiger partial charge in [0.25, 0.3) is 0 Å². The molecule has 2 aliphatic rings. The lowest BCUT2D eigenvalue weighted by Gasteiger charge is -2.38. The number of aromatic nitrogens is 3. The van der Waals surface area contributed by atoms with Gasteiger partial charge in [0.15, 0.2) is 5.82 Å². The molecule has 2 atom stereocenters. The third-order valence-corrected chi connectivity index (χ3v) is 5.55. The highest BCUT2D eigenvalue weighted by Gasteiger charge is 2.37. The summed E-state index contributed by atoms with van der Waals surface area (Å²) in [6.45, 7) is 3.30. The van der Waals surface area contributed by atoms with Crippen LogP contribution in [0.25, 0.3) is 0 Å². The number of alkyl halides is 3. The van der Waals surface area contributed by atoms with E-state index in [0.29, 0.717) is 36.0 Å². The first-order chi connectivity index (χ1) is 15.0. The SMILES string of the molecule is Cc1nc(NC2CC(Oc3ccc(C(F)(F)F)nc3)C2)nc2c1NC(=O)[C@H]([C@H](C)O)N2C. The van der Waals surface area contributed by atoms with Crippen molar-refractivity contribution in [2.45, 2.75) is 57.2 Å². The van der Waals surface area contributed by atoms with Crippen LogP contribution >= 0.6 is 0 Å². The number of amides is 1. The van der Waals surface area contributed by atoms with Gasteiger partial charge in [0, 0.05) is 25.9 Å². The number of aliphatic hydroxyl groups is 1. The molecule has 0 saturated heterocycles. The smallest absolute Gasteiger partial charge is 0.433 e. The molecule has 0 aromatic carbocycles. The first-order valence-corrected chi connectivity index (χ1v) is 10.1. The van der Waals surface area contributed by atoms with E-state index < -0.39 is 24.0 Å². The summed E-state index contributed by atoms with van der Waals surface area (Å²) in [5, 5.41) is 15.9. The van der Waals surface area contributed by atoms with Crippen molar-refractivity contribution in [2.75, 3.05) is 22.6 Å². The molecular weight excluding hydrogens is 429 g/mol. The lowest BCUT2D eigenvalue weighted by molar-refractivity contribution is -0.141. The van der Waals surface area contributed by atoms with Gasteiger partial charge in [-0.3, -0.25) is 4.79 Å².